The van der Waals surface area contributed by atoms with Crippen molar-refractivity contribution >= 4 is 16.8 Å². The van der Waals surface area contributed by atoms with Gasteiger partial charge in [-0.1, -0.05) is 42.1 Å². The Morgan fingerprint density at radius 1 is 1.13 bits per heavy atom. The van der Waals surface area contributed by atoms with Crippen molar-refractivity contribution in [1.82, 2.24) is 5.43 Å². The molecule has 0 aromatic heterocycles. The number of hydrogen-bond acceptors (Lipinski definition) is 4. The van der Waals surface area contributed by atoms with Crippen LogP contribution in [0.2, 0.25) is 0 Å². The van der Waals surface area contributed by atoms with Crippen molar-refractivity contribution < 1.29 is 8.78 Å². The quantitative estimate of drug-likeness (QED) is 0.880. The van der Waals surface area contributed by atoms with Crippen LogP contribution in [-0.4, -0.2) is 11.6 Å². The van der Waals surface area contributed by atoms with E-state index in [2.05, 4.69) is 10.5 Å². The lowest BCUT2D eigenvalue weighted by molar-refractivity contribution is 0.465. The molecule has 0 spiro atoms. The summed E-state index contributed by atoms with van der Waals surface area (Å²) in [6.07, 6.45) is 1.53. The Morgan fingerprint density at radius 2 is 1.91 bits per heavy atom. The van der Waals surface area contributed by atoms with Crippen LogP contribution in [0, 0.1) is 11.6 Å². The Kier molecular flexibility index (Phi) is 4.63. The standard InChI is InChI=1S/C17H17F2N3S/c18-13-7-8-15(19)14(11-13)16-21-22-17(23-16,9-4-10-20)12-5-2-1-3-6-12/h1-3,5-8,11,22H,4,9-10,20H2. The van der Waals surface area contributed by atoms with Crippen LogP contribution in [0.25, 0.3) is 0 Å². The average Bonchev–Trinajstić information content (AvgIpc) is 3.01. The van der Waals surface area contributed by atoms with E-state index in [0.29, 0.717) is 11.6 Å². The zero-order valence-corrected chi connectivity index (χ0v) is 13.2. The number of halogens is 2. The fourth-order valence-corrected chi connectivity index (χ4v) is 3.84. The van der Waals surface area contributed by atoms with E-state index in [1.165, 1.54) is 17.8 Å². The van der Waals surface area contributed by atoms with Gasteiger partial charge in [0.05, 0.1) is 0 Å². The molecule has 1 aliphatic heterocycles. The van der Waals surface area contributed by atoms with Crippen LogP contribution >= 0.6 is 11.8 Å². The maximum Gasteiger partial charge on any atom is 0.133 e. The Morgan fingerprint density at radius 3 is 2.65 bits per heavy atom. The van der Waals surface area contributed by atoms with E-state index < -0.39 is 16.5 Å². The molecule has 120 valence electrons. The Hall–Kier alpha value is -1.92. The molecule has 0 fully saturated rings. The molecule has 0 saturated carbocycles. The SMILES string of the molecule is NCCCC1(c2ccccc2)NN=C(c2cc(F)ccc2F)S1. The van der Waals surface area contributed by atoms with Crippen LogP contribution in [0.15, 0.2) is 53.6 Å². The van der Waals surface area contributed by atoms with E-state index in [9.17, 15) is 8.78 Å². The van der Waals surface area contributed by atoms with Gasteiger partial charge in [0.15, 0.2) is 0 Å². The number of nitrogens with zero attached hydrogens (tertiary/aromatic N) is 1. The van der Waals surface area contributed by atoms with Gasteiger partial charge in [0.25, 0.3) is 0 Å². The first-order valence-corrected chi connectivity index (χ1v) is 8.21. The van der Waals surface area contributed by atoms with Crippen LogP contribution in [0.4, 0.5) is 8.78 Å². The molecule has 1 atom stereocenters. The second kappa shape index (κ2) is 6.68. The average molecular weight is 333 g/mol. The normalized spacial score (nSPS) is 20.2. The van der Waals surface area contributed by atoms with E-state index in [4.69, 9.17) is 5.73 Å². The van der Waals surface area contributed by atoms with Crippen molar-refractivity contribution in [3.8, 4) is 0 Å². The van der Waals surface area contributed by atoms with Gasteiger partial charge >= 0.3 is 0 Å². The van der Waals surface area contributed by atoms with Gasteiger partial charge in [-0.25, -0.2) is 8.78 Å². The van der Waals surface area contributed by atoms with Gasteiger partial charge in [-0.2, -0.15) is 5.10 Å². The van der Waals surface area contributed by atoms with Crippen molar-refractivity contribution in [3.05, 3.63) is 71.3 Å². The Bertz CT molecular complexity index is 721. The highest BCUT2D eigenvalue weighted by Gasteiger charge is 2.39. The number of nitrogens with two attached hydrogens (primary N) is 1. The summed E-state index contributed by atoms with van der Waals surface area (Å²) in [5.74, 6) is -0.967. The molecule has 0 bridgehead atoms. The van der Waals surface area contributed by atoms with Gasteiger partial charge in [0.2, 0.25) is 0 Å². The minimum atomic E-state index is -0.505. The summed E-state index contributed by atoms with van der Waals surface area (Å²) >= 11 is 1.40. The molecule has 3 rings (SSSR count). The third-order valence-electron chi connectivity index (χ3n) is 3.74. The fraction of sp³-hybridized carbons (Fsp3) is 0.235. The van der Waals surface area contributed by atoms with Gasteiger partial charge in [0, 0.05) is 5.56 Å². The summed E-state index contributed by atoms with van der Waals surface area (Å²) in [7, 11) is 0. The number of hydrazone groups is 1. The summed E-state index contributed by atoms with van der Waals surface area (Å²) in [5.41, 5.74) is 9.98. The van der Waals surface area contributed by atoms with Crippen molar-refractivity contribution in [2.75, 3.05) is 6.54 Å². The van der Waals surface area contributed by atoms with E-state index in [1.807, 2.05) is 30.3 Å². The molecule has 6 heteroatoms. The number of rotatable bonds is 5. The second-order valence-electron chi connectivity index (χ2n) is 5.34. The van der Waals surface area contributed by atoms with E-state index in [1.54, 1.807) is 0 Å². The lowest BCUT2D eigenvalue weighted by atomic mass is 10.0. The number of nitrogens with one attached hydrogen (secondary N) is 1. The topological polar surface area (TPSA) is 50.4 Å². The van der Waals surface area contributed by atoms with Crippen LogP contribution < -0.4 is 11.2 Å². The first kappa shape index (κ1) is 16.0. The Labute approximate surface area is 138 Å². The second-order valence-corrected chi connectivity index (χ2v) is 6.63. The summed E-state index contributed by atoms with van der Waals surface area (Å²) in [4.78, 5) is -0.505. The molecule has 1 heterocycles. The fourth-order valence-electron chi connectivity index (χ4n) is 2.56. The molecule has 3 N–H and O–H groups in total. The van der Waals surface area contributed by atoms with Gasteiger partial charge < -0.3 is 5.73 Å². The number of benzene rings is 2. The highest BCUT2D eigenvalue weighted by molar-refractivity contribution is 8.15. The zero-order chi connectivity index (χ0) is 16.3. The highest BCUT2D eigenvalue weighted by atomic mass is 32.2. The first-order chi connectivity index (χ1) is 11.1. The third kappa shape index (κ3) is 3.23. The van der Waals surface area contributed by atoms with Crippen LogP contribution in [0.5, 0.6) is 0 Å². The van der Waals surface area contributed by atoms with E-state index >= 15 is 0 Å². The molecule has 1 aliphatic rings. The highest BCUT2D eigenvalue weighted by Crippen LogP contribution is 2.44. The molecule has 1 unspecified atom stereocenters. The molecule has 0 amide bonds. The molecule has 0 radical (unpaired) electrons. The monoisotopic (exact) mass is 333 g/mol. The van der Waals surface area contributed by atoms with Crippen LogP contribution in [-0.2, 0) is 4.87 Å². The number of hydrogen-bond donors (Lipinski definition) is 2. The minimum absolute atomic E-state index is 0.174. The predicted octanol–water partition coefficient (Wildman–Crippen LogP) is 3.55. The molecule has 3 nitrogen and oxygen atoms in total. The molecule has 0 saturated heterocycles. The summed E-state index contributed by atoms with van der Waals surface area (Å²) < 4.78 is 27.5. The molecular formula is C17H17F2N3S. The zero-order valence-electron chi connectivity index (χ0n) is 12.4. The van der Waals surface area contributed by atoms with Gasteiger partial charge in [0.1, 0.15) is 21.5 Å². The van der Waals surface area contributed by atoms with Gasteiger partial charge in [-0.3, -0.25) is 5.43 Å². The van der Waals surface area contributed by atoms with Crippen LogP contribution in [0.1, 0.15) is 24.0 Å². The molecule has 23 heavy (non-hydrogen) atoms. The molecular weight excluding hydrogens is 316 g/mol. The molecule has 2 aromatic carbocycles. The third-order valence-corrected chi connectivity index (χ3v) is 5.12. The van der Waals surface area contributed by atoms with E-state index in [0.717, 1.165) is 30.5 Å². The maximum atomic E-state index is 14.0. The van der Waals surface area contributed by atoms with Gasteiger partial charge in [-0.15, -0.1) is 0 Å². The predicted molar refractivity (Wildman–Crippen MR) is 90.0 cm³/mol. The van der Waals surface area contributed by atoms with Crippen molar-refractivity contribution in [1.29, 1.82) is 0 Å². The largest absolute Gasteiger partial charge is 0.330 e. The minimum Gasteiger partial charge on any atom is -0.330 e. The smallest absolute Gasteiger partial charge is 0.133 e. The van der Waals surface area contributed by atoms with Crippen molar-refractivity contribution in [3.63, 3.8) is 0 Å². The lowest BCUT2D eigenvalue weighted by Gasteiger charge is -2.28. The van der Waals surface area contributed by atoms with Crippen molar-refractivity contribution in [2.45, 2.75) is 17.7 Å². The summed E-state index contributed by atoms with van der Waals surface area (Å²) in [6.45, 7) is 0.556. The molecule has 2 aromatic rings. The molecule has 0 aliphatic carbocycles. The maximum absolute atomic E-state index is 14.0. The summed E-state index contributed by atoms with van der Waals surface area (Å²) in [6, 6.07) is 13.2. The van der Waals surface area contributed by atoms with E-state index in [-0.39, 0.29) is 5.56 Å². The lowest BCUT2D eigenvalue weighted by Crippen LogP contribution is -2.33. The Balaban J connectivity index is 1.92. The first-order valence-electron chi connectivity index (χ1n) is 7.39. The van der Waals surface area contributed by atoms with Gasteiger partial charge in [-0.05, 0) is 43.1 Å². The van der Waals surface area contributed by atoms with Crippen LogP contribution in [0.3, 0.4) is 0 Å². The number of thioether (sulfide) groups is 1. The summed E-state index contributed by atoms with van der Waals surface area (Å²) in [5, 5.41) is 4.72. The van der Waals surface area contributed by atoms with Crippen molar-refractivity contribution in [2.24, 2.45) is 10.8 Å².